The Hall–Kier alpha value is -2.68. The van der Waals surface area contributed by atoms with E-state index in [-0.39, 0.29) is 30.0 Å². The lowest BCUT2D eigenvalue weighted by Crippen LogP contribution is -2.47. The molecule has 1 N–H and O–H groups in total. The largest absolute Gasteiger partial charge is 0.481 e. The van der Waals surface area contributed by atoms with Crippen LogP contribution in [0.15, 0.2) is 9.70 Å². The number of pyridine rings is 1. The third kappa shape index (κ3) is 5.94. The van der Waals surface area contributed by atoms with Gasteiger partial charge in [0, 0.05) is 51.3 Å². The Morgan fingerprint density at radius 1 is 1.20 bits per heavy atom. The molecule has 2 fully saturated rings. The van der Waals surface area contributed by atoms with Crippen molar-refractivity contribution < 1.29 is 14.7 Å². The van der Waals surface area contributed by atoms with Crippen molar-refractivity contribution in [1.82, 2.24) is 14.4 Å². The highest BCUT2D eigenvalue weighted by molar-refractivity contribution is 8.26. The molecule has 3 heterocycles. The van der Waals surface area contributed by atoms with Crippen LogP contribution in [0.25, 0.3) is 6.08 Å². The molecule has 2 aliphatic rings. The Morgan fingerprint density at radius 2 is 1.89 bits per heavy atom. The first-order valence-corrected chi connectivity index (χ1v) is 13.0. The third-order valence-corrected chi connectivity index (χ3v) is 7.68. The summed E-state index contributed by atoms with van der Waals surface area (Å²) in [5.41, 5.74) is 1.02. The molecular formula is C24H31N5O4S2. The molecule has 0 spiro atoms. The lowest BCUT2D eigenvalue weighted by molar-refractivity contribution is -0.137. The molecule has 2 aliphatic heterocycles. The van der Waals surface area contributed by atoms with Gasteiger partial charge in [-0.15, -0.1) is 0 Å². The minimum Gasteiger partial charge on any atom is -0.481 e. The van der Waals surface area contributed by atoms with Crippen molar-refractivity contribution in [3.8, 4) is 6.07 Å². The van der Waals surface area contributed by atoms with Crippen molar-refractivity contribution in [3.05, 3.63) is 31.9 Å². The maximum absolute atomic E-state index is 13.3. The number of rotatable bonds is 9. The SMILES string of the molecule is CCCCn1c(N2CCN(C)CC2)c(/C=C2\SC(=S)N(CCCC(=O)O)C2=O)c(C)c(C#N)c1=O. The number of thiocarbonyl (C=S) groups is 1. The summed E-state index contributed by atoms with van der Waals surface area (Å²) in [5, 5.41) is 18.7. The van der Waals surface area contributed by atoms with E-state index >= 15 is 0 Å². The maximum atomic E-state index is 13.3. The van der Waals surface area contributed by atoms with Gasteiger partial charge in [0.15, 0.2) is 0 Å². The van der Waals surface area contributed by atoms with Crippen LogP contribution in [-0.4, -0.2) is 75.4 Å². The number of aliphatic carboxylic acids is 1. The first kappa shape index (κ1) is 26.9. The molecule has 1 aromatic rings. The first-order chi connectivity index (χ1) is 16.7. The molecule has 0 unspecified atom stereocenters. The number of unbranched alkanes of at least 4 members (excludes halogenated alkanes) is 1. The summed E-state index contributed by atoms with van der Waals surface area (Å²) in [4.78, 5) is 43.6. The number of anilines is 1. The number of piperazine rings is 1. The second-order valence-electron chi connectivity index (χ2n) is 8.78. The van der Waals surface area contributed by atoms with Gasteiger partial charge in [-0.1, -0.05) is 37.3 Å². The van der Waals surface area contributed by atoms with Gasteiger partial charge in [-0.2, -0.15) is 5.26 Å². The topological polar surface area (TPSA) is 110 Å². The summed E-state index contributed by atoms with van der Waals surface area (Å²) < 4.78 is 2.07. The lowest BCUT2D eigenvalue weighted by atomic mass is 10.0. The van der Waals surface area contributed by atoms with Gasteiger partial charge in [-0.05, 0) is 38.5 Å². The van der Waals surface area contributed by atoms with Crippen LogP contribution in [0.4, 0.5) is 5.82 Å². The fraction of sp³-hybridized carbons (Fsp3) is 0.542. The van der Waals surface area contributed by atoms with E-state index in [1.807, 2.05) is 0 Å². The monoisotopic (exact) mass is 517 g/mol. The van der Waals surface area contributed by atoms with Crippen LogP contribution in [0.5, 0.6) is 0 Å². The van der Waals surface area contributed by atoms with Crippen LogP contribution in [0.1, 0.15) is 49.3 Å². The number of nitriles is 1. The molecule has 0 radical (unpaired) electrons. The van der Waals surface area contributed by atoms with Crippen molar-refractivity contribution in [3.63, 3.8) is 0 Å². The molecular weight excluding hydrogens is 486 g/mol. The van der Waals surface area contributed by atoms with Crippen molar-refractivity contribution in [2.45, 2.75) is 46.1 Å². The van der Waals surface area contributed by atoms with Crippen molar-refractivity contribution in [2.24, 2.45) is 0 Å². The number of carboxylic acids is 1. The Morgan fingerprint density at radius 3 is 2.49 bits per heavy atom. The van der Waals surface area contributed by atoms with Crippen molar-refractivity contribution in [1.29, 1.82) is 5.26 Å². The summed E-state index contributed by atoms with van der Waals surface area (Å²) >= 11 is 6.57. The van der Waals surface area contributed by atoms with Crippen LogP contribution in [0.2, 0.25) is 0 Å². The van der Waals surface area contributed by atoms with E-state index in [1.54, 1.807) is 17.6 Å². The lowest BCUT2D eigenvalue weighted by Gasteiger charge is -2.36. The van der Waals surface area contributed by atoms with E-state index in [9.17, 15) is 19.6 Å². The van der Waals surface area contributed by atoms with E-state index in [2.05, 4.69) is 29.8 Å². The summed E-state index contributed by atoms with van der Waals surface area (Å²) in [6.07, 6.45) is 3.70. The number of carboxylic acid groups (broad SMARTS) is 1. The number of hydrogen-bond acceptors (Lipinski definition) is 8. The molecule has 1 amide bonds. The van der Waals surface area contributed by atoms with E-state index in [0.717, 1.165) is 44.8 Å². The molecule has 188 valence electrons. The highest BCUT2D eigenvalue weighted by atomic mass is 32.2. The van der Waals surface area contributed by atoms with E-state index < -0.39 is 5.97 Å². The maximum Gasteiger partial charge on any atom is 0.303 e. The average Bonchev–Trinajstić information content (AvgIpc) is 3.08. The van der Waals surface area contributed by atoms with Gasteiger partial charge in [-0.25, -0.2) is 0 Å². The molecule has 0 aromatic carbocycles. The Labute approximate surface area is 215 Å². The minimum absolute atomic E-state index is 0.0450. The van der Waals surface area contributed by atoms with Gasteiger partial charge in [0.1, 0.15) is 21.8 Å². The molecule has 0 bridgehead atoms. The van der Waals surface area contributed by atoms with Crippen molar-refractivity contribution in [2.75, 3.05) is 44.7 Å². The number of likely N-dealkylation sites (N-methyl/N-ethyl adjacent to an activating group) is 1. The minimum atomic E-state index is -0.920. The number of hydrogen-bond donors (Lipinski definition) is 1. The summed E-state index contributed by atoms with van der Waals surface area (Å²) in [6.45, 7) is 7.66. The second-order valence-corrected chi connectivity index (χ2v) is 10.5. The quantitative estimate of drug-likeness (QED) is 0.390. The highest BCUT2D eigenvalue weighted by Crippen LogP contribution is 2.36. The standard InChI is InChI=1S/C24H31N5O4S2/c1-4-5-8-28-21(27-12-10-26(3)11-13-27)17(16(2)18(15-25)22(28)32)14-19-23(33)29(24(34)35-19)9-6-7-20(30)31/h14H,4-13H2,1-3H3,(H,30,31)/b19-14-. The third-order valence-electron chi connectivity index (χ3n) is 6.31. The predicted octanol–water partition coefficient (Wildman–Crippen LogP) is 2.65. The summed E-state index contributed by atoms with van der Waals surface area (Å²) in [7, 11) is 2.06. The van der Waals surface area contributed by atoms with Crippen LogP contribution in [0, 0.1) is 18.3 Å². The number of carbonyl (C=O) groups is 2. The van der Waals surface area contributed by atoms with Gasteiger partial charge in [0.2, 0.25) is 0 Å². The van der Waals surface area contributed by atoms with Gasteiger partial charge in [0.25, 0.3) is 11.5 Å². The zero-order valence-electron chi connectivity index (χ0n) is 20.4. The molecule has 2 saturated heterocycles. The van der Waals surface area contributed by atoms with Crippen LogP contribution >= 0.6 is 24.0 Å². The predicted molar refractivity (Wildman–Crippen MR) is 142 cm³/mol. The van der Waals surface area contributed by atoms with Gasteiger partial charge in [0.05, 0.1) is 4.91 Å². The molecule has 11 heteroatoms. The van der Waals surface area contributed by atoms with Gasteiger partial charge in [-0.3, -0.25) is 23.9 Å². The van der Waals surface area contributed by atoms with Crippen molar-refractivity contribution >= 4 is 52.1 Å². The molecule has 3 rings (SSSR count). The fourth-order valence-electron chi connectivity index (χ4n) is 4.24. The first-order valence-electron chi connectivity index (χ1n) is 11.8. The molecule has 0 atom stereocenters. The van der Waals surface area contributed by atoms with Gasteiger partial charge >= 0.3 is 5.97 Å². The number of thioether (sulfide) groups is 1. The highest BCUT2D eigenvalue weighted by Gasteiger charge is 2.33. The summed E-state index contributed by atoms with van der Waals surface area (Å²) in [5.74, 6) is -0.458. The molecule has 35 heavy (non-hydrogen) atoms. The number of aromatic nitrogens is 1. The van der Waals surface area contributed by atoms with Gasteiger partial charge < -0.3 is 14.9 Å². The zero-order valence-corrected chi connectivity index (χ0v) is 22.0. The number of carbonyl (C=O) groups excluding carboxylic acids is 1. The smallest absolute Gasteiger partial charge is 0.303 e. The Kier molecular flexibility index (Phi) is 9.10. The molecule has 0 saturated carbocycles. The molecule has 1 aromatic heterocycles. The van der Waals surface area contributed by atoms with Crippen LogP contribution < -0.4 is 10.5 Å². The number of amides is 1. The summed E-state index contributed by atoms with van der Waals surface area (Å²) in [6, 6.07) is 2.08. The normalized spacial score (nSPS) is 17.9. The second kappa shape index (κ2) is 11.8. The zero-order chi connectivity index (χ0) is 25.7. The molecule has 9 nitrogen and oxygen atoms in total. The Bertz CT molecular complexity index is 1150. The molecule has 0 aliphatic carbocycles. The average molecular weight is 518 g/mol. The fourth-order valence-corrected chi connectivity index (χ4v) is 5.53. The number of nitrogens with zero attached hydrogens (tertiary/aromatic N) is 5. The van der Waals surface area contributed by atoms with Crippen LogP contribution in [0.3, 0.4) is 0 Å². The van der Waals surface area contributed by atoms with E-state index in [1.165, 1.54) is 16.7 Å². The van der Waals surface area contributed by atoms with E-state index in [0.29, 0.717) is 33.3 Å². The van der Waals surface area contributed by atoms with E-state index in [4.69, 9.17) is 17.3 Å². The van der Waals surface area contributed by atoms with Crippen LogP contribution in [-0.2, 0) is 16.1 Å². The Balaban J connectivity index is 2.11.